The molecular weight excluding hydrogens is 835 g/mol. The molecule has 1 saturated heterocycles. The molecule has 0 radical (unpaired) electrons. The van der Waals surface area contributed by atoms with Crippen LogP contribution in [0.4, 0.5) is 0 Å². The summed E-state index contributed by atoms with van der Waals surface area (Å²) in [6, 6.07) is -0.0696. The minimum atomic E-state index is -1.34. The van der Waals surface area contributed by atoms with Crippen LogP contribution in [0, 0.1) is 27.4 Å². The molecule has 1 aromatic rings. The van der Waals surface area contributed by atoms with E-state index in [-0.39, 0.29) is 55.6 Å². The Labute approximate surface area is 373 Å². The molecule has 64 heavy (non-hydrogen) atoms. The number of nitrogens with zero attached hydrogens (tertiary/aromatic N) is 2. The second-order valence-electron chi connectivity index (χ2n) is 17.4. The predicted molar refractivity (Wildman–Crippen MR) is 232 cm³/mol. The molecule has 0 aromatic heterocycles. The van der Waals surface area contributed by atoms with E-state index in [1.807, 2.05) is 0 Å². The van der Waals surface area contributed by atoms with E-state index in [9.17, 15) is 43.5 Å². The number of primary amides is 1. The average Bonchev–Trinajstić information content (AvgIpc) is 3.26. The van der Waals surface area contributed by atoms with Gasteiger partial charge in [-0.15, -0.1) is 0 Å². The number of rotatable bonds is 17. The van der Waals surface area contributed by atoms with E-state index in [1.54, 1.807) is 20.8 Å². The van der Waals surface area contributed by atoms with Gasteiger partial charge in [-0.2, -0.15) is 0 Å². The van der Waals surface area contributed by atoms with Gasteiger partial charge in [0, 0.05) is 17.5 Å². The van der Waals surface area contributed by atoms with Crippen molar-refractivity contribution < 1.29 is 57.9 Å². The Balaban J connectivity index is 0.00000261. The van der Waals surface area contributed by atoms with Crippen molar-refractivity contribution >= 4 is 47.4 Å². The molecule has 354 valence electrons. The summed E-state index contributed by atoms with van der Waals surface area (Å²) >= 11 is 0. The quantitative estimate of drug-likeness (QED) is 0.0567. The summed E-state index contributed by atoms with van der Waals surface area (Å²) in [7, 11) is 2.10. The zero-order valence-electron chi connectivity index (χ0n) is 37.4. The fourth-order valence-corrected chi connectivity index (χ4v) is 8.27. The maximum atomic E-state index is 14.6. The Kier molecular flexibility index (Phi) is 20.8. The second kappa shape index (κ2) is 25.4. The van der Waals surface area contributed by atoms with E-state index < -0.39 is 87.9 Å². The van der Waals surface area contributed by atoms with Gasteiger partial charge >= 0.3 is 11.9 Å². The number of hydrogen-bond donors (Lipinski definition) is 6. The van der Waals surface area contributed by atoms with Gasteiger partial charge in [0.15, 0.2) is 7.05 Å². The van der Waals surface area contributed by atoms with Crippen LogP contribution in [-0.2, 0) is 38.2 Å². The number of aromatic carboxylic acids is 1. The van der Waals surface area contributed by atoms with Gasteiger partial charge in [0.05, 0.1) is 31.5 Å². The highest BCUT2D eigenvalue weighted by Gasteiger charge is 2.44. The number of benzene rings is 1. The van der Waals surface area contributed by atoms with Crippen LogP contribution in [0.5, 0.6) is 0 Å². The smallest absolute Gasteiger partial charge is 0.336 e. The van der Waals surface area contributed by atoms with E-state index in [4.69, 9.17) is 20.6 Å². The number of carboxylic acids is 1. The highest BCUT2D eigenvalue weighted by molar-refractivity contribution is 6.06. The van der Waals surface area contributed by atoms with Crippen LogP contribution < -0.4 is 27.0 Å². The number of amides is 6. The molecule has 20 heteroatoms. The van der Waals surface area contributed by atoms with Crippen molar-refractivity contribution in [2.24, 2.45) is 23.0 Å². The van der Waals surface area contributed by atoms with Crippen LogP contribution in [0.2, 0.25) is 0 Å². The second-order valence-corrected chi connectivity index (χ2v) is 17.4. The molecule has 7 N–H and O–H groups in total. The van der Waals surface area contributed by atoms with Crippen molar-refractivity contribution in [1.82, 2.24) is 26.2 Å². The van der Waals surface area contributed by atoms with Crippen molar-refractivity contribution in [3.8, 4) is 0 Å². The number of morpholine rings is 1. The van der Waals surface area contributed by atoms with Crippen molar-refractivity contribution in [2.45, 2.75) is 128 Å². The van der Waals surface area contributed by atoms with Gasteiger partial charge in [0.25, 0.3) is 5.91 Å². The number of carbonyl (C=O) groups excluding carboxylic acids is 7. The number of methoxy groups -OCH3 is 1. The number of carboxylic acid groups (broad SMARTS) is 1. The molecule has 3 aliphatic rings. The highest BCUT2D eigenvalue weighted by Crippen LogP contribution is 2.30. The molecule has 0 spiro atoms. The van der Waals surface area contributed by atoms with E-state index in [0.717, 1.165) is 64.5 Å². The van der Waals surface area contributed by atoms with Gasteiger partial charge in [-0.1, -0.05) is 77.5 Å². The molecule has 2 saturated carbocycles. The van der Waals surface area contributed by atoms with Crippen molar-refractivity contribution in [3.63, 3.8) is 0 Å². The fourth-order valence-electron chi connectivity index (χ4n) is 8.27. The molecule has 6 amide bonds. The average molecular weight is 900 g/mol. The summed E-state index contributed by atoms with van der Waals surface area (Å²) < 4.78 is 10.3. The Bertz CT molecular complexity index is 1850. The first-order chi connectivity index (χ1) is 30.3. The number of carbonyl (C=O) groups is 8. The minimum Gasteiger partial charge on any atom is -0.478 e. The Morgan fingerprint density at radius 1 is 0.891 bits per heavy atom. The lowest BCUT2D eigenvalue weighted by atomic mass is 9.81. The van der Waals surface area contributed by atoms with Gasteiger partial charge in [-0.3, -0.25) is 38.9 Å². The highest BCUT2D eigenvalue weighted by atomic mass is 16.6. The van der Waals surface area contributed by atoms with Crippen LogP contribution in [0.15, 0.2) is 36.4 Å². The van der Waals surface area contributed by atoms with Gasteiger partial charge in [-0.05, 0) is 67.9 Å². The normalized spacial score (nSPS) is 19.0. The van der Waals surface area contributed by atoms with Crippen molar-refractivity contribution in [1.29, 1.82) is 0 Å². The summed E-state index contributed by atoms with van der Waals surface area (Å²) in [6.45, 7) is 5.10. The SMILES string of the molecule is COC(=O)/C=C/CC[C@H](NC(=O)c1ccccc1C(=O)O)C(=O)N[C@H](C(=O)N1CCOC[C@H]1C(=O)N[C@H](C(=O)N[C@H](C(N)=O)C1CCCCC1)C1CCCCC1)C(C)(C)C.C[N+](=O)[O-]. The van der Waals surface area contributed by atoms with Gasteiger partial charge in [-0.25, -0.2) is 9.59 Å². The van der Waals surface area contributed by atoms with Gasteiger partial charge in [0.2, 0.25) is 29.5 Å². The summed E-state index contributed by atoms with van der Waals surface area (Å²) in [5.74, 6) is -6.24. The Hall–Kier alpha value is -5.92. The molecule has 5 atom stereocenters. The van der Waals surface area contributed by atoms with Crippen LogP contribution in [0.25, 0.3) is 0 Å². The Morgan fingerprint density at radius 2 is 1.45 bits per heavy atom. The van der Waals surface area contributed by atoms with Crippen LogP contribution >= 0.6 is 0 Å². The van der Waals surface area contributed by atoms with E-state index in [1.165, 1.54) is 42.4 Å². The number of esters is 1. The number of ether oxygens (including phenoxy) is 2. The number of nitro groups is 1. The van der Waals surface area contributed by atoms with Crippen LogP contribution in [-0.4, -0.2) is 126 Å². The third kappa shape index (κ3) is 16.0. The zero-order chi connectivity index (χ0) is 47.6. The third-order valence-electron chi connectivity index (χ3n) is 11.6. The first kappa shape index (κ1) is 52.4. The zero-order valence-corrected chi connectivity index (χ0v) is 37.4. The molecule has 20 nitrogen and oxygen atoms in total. The molecule has 0 bridgehead atoms. The van der Waals surface area contributed by atoms with Crippen molar-refractivity contribution in [2.75, 3.05) is 33.9 Å². The fraction of sp³-hybridized carbons (Fsp3) is 0.636. The van der Waals surface area contributed by atoms with E-state index in [2.05, 4.69) is 26.0 Å². The lowest BCUT2D eigenvalue weighted by Gasteiger charge is -2.41. The molecular formula is C44H65N7O13. The van der Waals surface area contributed by atoms with Gasteiger partial charge in [0.1, 0.15) is 30.2 Å². The molecule has 1 heterocycles. The third-order valence-corrected chi connectivity index (χ3v) is 11.6. The van der Waals surface area contributed by atoms with Crippen LogP contribution in [0.1, 0.15) is 119 Å². The maximum absolute atomic E-state index is 14.6. The predicted octanol–water partition coefficient (Wildman–Crippen LogP) is 2.26. The number of allylic oxidation sites excluding steroid dienone is 1. The van der Waals surface area contributed by atoms with E-state index in [0.29, 0.717) is 12.8 Å². The summed E-state index contributed by atoms with van der Waals surface area (Å²) in [5, 5.41) is 29.7. The summed E-state index contributed by atoms with van der Waals surface area (Å²) in [5.41, 5.74) is 4.40. The summed E-state index contributed by atoms with van der Waals surface area (Å²) in [6.07, 6.45) is 11.2. The topological polar surface area (TPSA) is 296 Å². The Morgan fingerprint density at radius 3 is 1.98 bits per heavy atom. The minimum absolute atomic E-state index is 0.00441. The monoisotopic (exact) mass is 899 g/mol. The molecule has 3 fully saturated rings. The molecule has 1 aliphatic heterocycles. The maximum Gasteiger partial charge on any atom is 0.336 e. The van der Waals surface area contributed by atoms with E-state index >= 15 is 0 Å². The van der Waals surface area contributed by atoms with Crippen molar-refractivity contribution in [3.05, 3.63) is 57.7 Å². The largest absolute Gasteiger partial charge is 0.478 e. The standard InChI is InChI=1S/C43H62N6O11.CH3NO2/c1-43(2,3)35(48-38(53)30(21-13-14-22-32(50)59-4)45-37(52)28-19-11-12-20-29(28)42(57)58)41(56)49-23-24-60-25-31(49)39(54)47-34(27-17-9-6-10-18-27)40(55)46-33(36(44)51)26-15-7-5-8-16-26;1-2(3)4/h11-12,14,19-20,22,26-27,30-31,33-35H,5-10,13,15-18,21,23-25H2,1-4H3,(H2,44,51)(H,45,52)(H,46,55)(H,47,54)(H,48,53)(H,57,58);1H3/b22-14+;/t30-,31-,33-,34-,35+;/m0./s1. The number of nitrogens with two attached hydrogens (primary N) is 1. The summed E-state index contributed by atoms with van der Waals surface area (Å²) in [4.78, 5) is 116. The molecule has 2 aliphatic carbocycles. The number of hydrogen-bond acceptors (Lipinski definition) is 12. The lowest BCUT2D eigenvalue weighted by Crippen LogP contribution is -2.65. The molecule has 0 unspecified atom stereocenters. The lowest BCUT2D eigenvalue weighted by molar-refractivity contribution is -0.445. The van der Waals surface area contributed by atoms with Gasteiger partial charge < -0.3 is 46.5 Å². The first-order valence-electron chi connectivity index (χ1n) is 21.8. The number of nitrogens with one attached hydrogen (secondary N) is 4. The first-order valence-corrected chi connectivity index (χ1v) is 21.8. The van der Waals surface area contributed by atoms with Crippen LogP contribution in [0.3, 0.4) is 0 Å². The molecule has 4 rings (SSSR count). The molecule has 1 aromatic carbocycles.